The fourth-order valence-corrected chi connectivity index (χ4v) is 1.62. The highest BCUT2D eigenvalue weighted by Crippen LogP contribution is 2.27. The van der Waals surface area contributed by atoms with Crippen LogP contribution in [0, 0.1) is 0 Å². The van der Waals surface area contributed by atoms with Gasteiger partial charge in [0.2, 0.25) is 0 Å². The van der Waals surface area contributed by atoms with Crippen molar-refractivity contribution in [3.05, 3.63) is 0 Å². The van der Waals surface area contributed by atoms with Gasteiger partial charge in [-0.15, -0.1) is 0 Å². The first kappa shape index (κ1) is 15.8. The van der Waals surface area contributed by atoms with Gasteiger partial charge in [0, 0.05) is 19.1 Å². The molecule has 1 saturated carbocycles. The molecule has 19 heavy (non-hydrogen) atoms. The Hall–Kier alpha value is -1.30. The average molecular weight is 272 g/mol. The molecule has 0 heterocycles. The largest absolute Gasteiger partial charge is 0.480 e. The van der Waals surface area contributed by atoms with Crippen LogP contribution >= 0.6 is 0 Å². The zero-order valence-corrected chi connectivity index (χ0v) is 12.1. The number of nitrogens with one attached hydrogen (secondary N) is 1. The minimum absolute atomic E-state index is 0.247. The summed E-state index contributed by atoms with van der Waals surface area (Å²) < 4.78 is 5.35. The number of rotatable bonds is 6. The summed E-state index contributed by atoms with van der Waals surface area (Å²) in [5, 5.41) is 11.6. The highest BCUT2D eigenvalue weighted by molar-refractivity contribution is 5.72. The number of carbonyl (C=O) groups is 2. The van der Waals surface area contributed by atoms with Crippen molar-refractivity contribution in [1.82, 2.24) is 10.2 Å². The normalized spacial score (nSPS) is 16.8. The van der Waals surface area contributed by atoms with E-state index in [1.54, 1.807) is 11.8 Å². The molecule has 0 aromatic heterocycles. The summed E-state index contributed by atoms with van der Waals surface area (Å²) >= 11 is 0. The SMILES string of the molecule is CC(NCCN(C(=O)OC(C)(C)C)C1CC1)C(=O)O. The van der Waals surface area contributed by atoms with Crippen molar-refractivity contribution < 1.29 is 19.4 Å². The number of hydrogen-bond donors (Lipinski definition) is 2. The molecule has 0 radical (unpaired) electrons. The van der Waals surface area contributed by atoms with Crippen molar-refractivity contribution in [2.75, 3.05) is 13.1 Å². The molecule has 1 aliphatic carbocycles. The van der Waals surface area contributed by atoms with Gasteiger partial charge in [0.1, 0.15) is 11.6 Å². The molecular weight excluding hydrogens is 248 g/mol. The van der Waals surface area contributed by atoms with Crippen LogP contribution in [-0.2, 0) is 9.53 Å². The Labute approximate surface area is 114 Å². The molecule has 110 valence electrons. The van der Waals surface area contributed by atoms with Crippen LogP contribution in [0.3, 0.4) is 0 Å². The molecule has 0 bridgehead atoms. The third-order valence-electron chi connectivity index (χ3n) is 2.79. The zero-order chi connectivity index (χ0) is 14.6. The van der Waals surface area contributed by atoms with Gasteiger partial charge in [-0.1, -0.05) is 0 Å². The van der Waals surface area contributed by atoms with Gasteiger partial charge in [-0.05, 0) is 40.5 Å². The monoisotopic (exact) mass is 272 g/mol. The Balaban J connectivity index is 2.41. The summed E-state index contributed by atoms with van der Waals surface area (Å²) in [6.07, 6.45) is 1.67. The van der Waals surface area contributed by atoms with E-state index in [0.29, 0.717) is 13.1 Å². The van der Waals surface area contributed by atoms with E-state index in [1.807, 2.05) is 20.8 Å². The minimum Gasteiger partial charge on any atom is -0.480 e. The first-order valence-electron chi connectivity index (χ1n) is 6.66. The number of carboxylic acids is 1. The van der Waals surface area contributed by atoms with E-state index in [-0.39, 0.29) is 12.1 Å². The average Bonchev–Trinajstić information content (AvgIpc) is 3.04. The van der Waals surface area contributed by atoms with Crippen molar-refractivity contribution in [3.63, 3.8) is 0 Å². The maximum absolute atomic E-state index is 12.0. The van der Waals surface area contributed by atoms with Crippen molar-refractivity contribution in [1.29, 1.82) is 0 Å². The van der Waals surface area contributed by atoms with E-state index >= 15 is 0 Å². The Kier molecular flexibility index (Phi) is 5.17. The first-order chi connectivity index (χ1) is 8.70. The molecule has 0 aliphatic heterocycles. The molecule has 6 nitrogen and oxygen atoms in total. The van der Waals surface area contributed by atoms with Crippen LogP contribution < -0.4 is 5.32 Å². The summed E-state index contributed by atoms with van der Waals surface area (Å²) in [7, 11) is 0. The minimum atomic E-state index is -0.893. The number of aliphatic carboxylic acids is 1. The maximum Gasteiger partial charge on any atom is 0.410 e. The fraction of sp³-hybridized carbons (Fsp3) is 0.846. The van der Waals surface area contributed by atoms with Gasteiger partial charge in [-0.25, -0.2) is 4.79 Å². The Morgan fingerprint density at radius 1 is 1.42 bits per heavy atom. The van der Waals surface area contributed by atoms with E-state index in [4.69, 9.17) is 9.84 Å². The van der Waals surface area contributed by atoms with Crippen LogP contribution in [0.1, 0.15) is 40.5 Å². The van der Waals surface area contributed by atoms with Gasteiger partial charge in [-0.2, -0.15) is 0 Å². The quantitative estimate of drug-likeness (QED) is 0.765. The molecule has 1 amide bonds. The second-order valence-corrected chi connectivity index (χ2v) is 5.92. The molecule has 0 saturated heterocycles. The third-order valence-corrected chi connectivity index (χ3v) is 2.79. The maximum atomic E-state index is 12.0. The molecule has 1 atom stereocenters. The molecule has 0 aromatic rings. The molecule has 0 spiro atoms. The number of carboxylic acid groups (broad SMARTS) is 1. The summed E-state index contributed by atoms with van der Waals surface area (Å²) in [5.41, 5.74) is -0.508. The highest BCUT2D eigenvalue weighted by atomic mass is 16.6. The van der Waals surface area contributed by atoms with Crippen LogP contribution in [0.25, 0.3) is 0 Å². The lowest BCUT2D eigenvalue weighted by molar-refractivity contribution is -0.138. The van der Waals surface area contributed by atoms with Crippen molar-refractivity contribution >= 4 is 12.1 Å². The van der Waals surface area contributed by atoms with Crippen LogP contribution in [0.15, 0.2) is 0 Å². The lowest BCUT2D eigenvalue weighted by atomic mass is 10.2. The van der Waals surface area contributed by atoms with E-state index in [1.165, 1.54) is 0 Å². The summed E-state index contributed by atoms with van der Waals surface area (Å²) in [5.74, 6) is -0.893. The van der Waals surface area contributed by atoms with Crippen molar-refractivity contribution in [2.45, 2.75) is 58.2 Å². The molecule has 1 aliphatic rings. The zero-order valence-electron chi connectivity index (χ0n) is 12.1. The second kappa shape index (κ2) is 6.23. The third kappa shape index (κ3) is 5.92. The standard InChI is InChI=1S/C13H24N2O4/c1-9(11(16)17)14-7-8-15(10-5-6-10)12(18)19-13(2,3)4/h9-10,14H,5-8H2,1-4H3,(H,16,17). The lowest BCUT2D eigenvalue weighted by Crippen LogP contribution is -2.44. The lowest BCUT2D eigenvalue weighted by Gasteiger charge is -2.27. The molecule has 2 N–H and O–H groups in total. The smallest absolute Gasteiger partial charge is 0.410 e. The highest BCUT2D eigenvalue weighted by Gasteiger charge is 2.34. The van der Waals surface area contributed by atoms with Crippen LogP contribution in [0.4, 0.5) is 4.79 Å². The van der Waals surface area contributed by atoms with Gasteiger partial charge >= 0.3 is 12.1 Å². The van der Waals surface area contributed by atoms with Crippen LogP contribution in [0.5, 0.6) is 0 Å². The predicted molar refractivity (Wildman–Crippen MR) is 71.1 cm³/mol. The van der Waals surface area contributed by atoms with Gasteiger partial charge in [0.05, 0.1) is 0 Å². The van der Waals surface area contributed by atoms with Crippen LogP contribution in [-0.4, -0.2) is 52.8 Å². The fourth-order valence-electron chi connectivity index (χ4n) is 1.62. The molecule has 1 fully saturated rings. The number of amides is 1. The van der Waals surface area contributed by atoms with Gasteiger partial charge < -0.3 is 20.1 Å². The topological polar surface area (TPSA) is 78.9 Å². The number of carbonyl (C=O) groups excluding carboxylic acids is 1. The number of nitrogens with zero attached hydrogens (tertiary/aromatic N) is 1. The van der Waals surface area contributed by atoms with Crippen molar-refractivity contribution in [3.8, 4) is 0 Å². The Morgan fingerprint density at radius 3 is 2.42 bits per heavy atom. The number of ether oxygens (including phenoxy) is 1. The summed E-state index contributed by atoms with van der Waals surface area (Å²) in [6, 6.07) is -0.364. The number of hydrogen-bond acceptors (Lipinski definition) is 4. The van der Waals surface area contributed by atoms with E-state index in [0.717, 1.165) is 12.8 Å². The first-order valence-corrected chi connectivity index (χ1v) is 6.66. The predicted octanol–water partition coefficient (Wildman–Crippen LogP) is 1.45. The second-order valence-electron chi connectivity index (χ2n) is 5.92. The van der Waals surface area contributed by atoms with E-state index in [2.05, 4.69) is 5.32 Å². The van der Waals surface area contributed by atoms with Crippen molar-refractivity contribution in [2.24, 2.45) is 0 Å². The molecule has 0 aromatic carbocycles. The van der Waals surface area contributed by atoms with Gasteiger partial charge in [-0.3, -0.25) is 4.79 Å². The molecule has 1 rings (SSSR count). The molecule has 1 unspecified atom stereocenters. The summed E-state index contributed by atoms with van der Waals surface area (Å²) in [6.45, 7) is 8.00. The Bertz CT molecular complexity index is 334. The Morgan fingerprint density at radius 2 is 2.00 bits per heavy atom. The van der Waals surface area contributed by atoms with Crippen LogP contribution in [0.2, 0.25) is 0 Å². The van der Waals surface area contributed by atoms with Gasteiger partial charge in [0.25, 0.3) is 0 Å². The van der Waals surface area contributed by atoms with E-state index < -0.39 is 17.6 Å². The summed E-state index contributed by atoms with van der Waals surface area (Å²) in [4.78, 5) is 24.4. The van der Waals surface area contributed by atoms with E-state index in [9.17, 15) is 9.59 Å². The van der Waals surface area contributed by atoms with Gasteiger partial charge in [0.15, 0.2) is 0 Å². The molecular formula is C13H24N2O4. The molecule has 6 heteroatoms.